The Balaban J connectivity index is 1.17. The Morgan fingerprint density at radius 1 is 1.12 bits per heavy atom. The number of ether oxygens (including phenoxy) is 2. The molecule has 7 heteroatoms. The second-order valence-electron chi connectivity index (χ2n) is 8.62. The van der Waals surface area contributed by atoms with Crippen molar-refractivity contribution in [1.29, 1.82) is 0 Å². The molecular weight excluding hydrogens is 404 g/mol. The number of carbonyl (C=O) groups excluding carboxylic acids is 1. The molecule has 32 heavy (non-hydrogen) atoms. The Kier molecular flexibility index (Phi) is 5.57. The third kappa shape index (κ3) is 4.21. The molecule has 2 aromatic carbocycles. The summed E-state index contributed by atoms with van der Waals surface area (Å²) in [6.07, 6.45) is 5.34. The number of nitrogens with zero attached hydrogens (tertiary/aromatic N) is 4. The van der Waals surface area contributed by atoms with Crippen LogP contribution in [0.25, 0.3) is 11.3 Å². The van der Waals surface area contributed by atoms with Crippen LogP contribution in [0.3, 0.4) is 0 Å². The van der Waals surface area contributed by atoms with E-state index in [-0.39, 0.29) is 12.1 Å². The second kappa shape index (κ2) is 8.67. The maximum Gasteiger partial charge on any atom is 0.329 e. The minimum atomic E-state index is -0.0365. The van der Waals surface area contributed by atoms with Crippen molar-refractivity contribution in [2.24, 2.45) is 0 Å². The molecule has 0 radical (unpaired) electrons. The van der Waals surface area contributed by atoms with Crippen LogP contribution in [-0.2, 0) is 6.54 Å². The van der Waals surface area contributed by atoms with E-state index < -0.39 is 0 Å². The van der Waals surface area contributed by atoms with E-state index in [4.69, 9.17) is 9.47 Å². The molecule has 3 aromatic rings. The van der Waals surface area contributed by atoms with Gasteiger partial charge in [0.05, 0.1) is 5.69 Å². The van der Waals surface area contributed by atoms with E-state index >= 15 is 0 Å². The van der Waals surface area contributed by atoms with Gasteiger partial charge >= 0.3 is 6.03 Å². The lowest BCUT2D eigenvalue weighted by molar-refractivity contribution is 0.131. The first-order valence-corrected chi connectivity index (χ1v) is 11.1. The number of rotatable bonds is 4. The number of benzene rings is 2. The molecule has 0 N–H and O–H groups in total. The molecule has 1 aromatic heterocycles. The number of hydrogen-bond acceptors (Lipinski definition) is 5. The van der Waals surface area contributed by atoms with Gasteiger partial charge in [0.25, 0.3) is 0 Å². The molecule has 0 aliphatic carbocycles. The molecule has 2 aliphatic heterocycles. The zero-order chi connectivity index (χ0) is 22.1. The van der Waals surface area contributed by atoms with Crippen molar-refractivity contribution in [2.75, 3.05) is 26.9 Å². The van der Waals surface area contributed by atoms with Crippen molar-refractivity contribution in [3.8, 4) is 22.8 Å². The first-order valence-electron chi connectivity index (χ1n) is 11.1. The van der Waals surface area contributed by atoms with Gasteiger partial charge in [0.2, 0.25) is 6.79 Å². The number of imidazole rings is 1. The average Bonchev–Trinajstić information content (AvgIpc) is 3.48. The van der Waals surface area contributed by atoms with Gasteiger partial charge in [-0.3, -0.25) is 9.47 Å². The number of hydrogen-bond donors (Lipinski definition) is 0. The van der Waals surface area contributed by atoms with E-state index in [1.807, 2.05) is 36.3 Å². The van der Waals surface area contributed by atoms with Crippen LogP contribution in [0.2, 0.25) is 0 Å². The van der Waals surface area contributed by atoms with E-state index in [1.165, 1.54) is 11.1 Å². The van der Waals surface area contributed by atoms with E-state index in [2.05, 4.69) is 41.1 Å². The largest absolute Gasteiger partial charge is 0.454 e. The molecule has 1 fully saturated rings. The number of carbonyl (C=O) groups is 1. The van der Waals surface area contributed by atoms with Crippen LogP contribution >= 0.6 is 0 Å². The molecule has 2 aliphatic rings. The van der Waals surface area contributed by atoms with Crippen LogP contribution in [0.4, 0.5) is 4.79 Å². The summed E-state index contributed by atoms with van der Waals surface area (Å²) in [4.78, 5) is 21.8. The monoisotopic (exact) mass is 432 g/mol. The van der Waals surface area contributed by atoms with Gasteiger partial charge < -0.3 is 14.4 Å². The zero-order valence-corrected chi connectivity index (χ0v) is 18.5. The van der Waals surface area contributed by atoms with Gasteiger partial charge in [0.15, 0.2) is 11.5 Å². The number of likely N-dealkylation sites (tertiary alicyclic amines) is 1. The summed E-state index contributed by atoms with van der Waals surface area (Å²) in [6.45, 7) is 5.14. The highest BCUT2D eigenvalue weighted by Crippen LogP contribution is 2.33. The molecule has 0 spiro atoms. The highest BCUT2D eigenvalue weighted by molar-refractivity contribution is 5.78. The Labute approximate surface area is 188 Å². The smallest absolute Gasteiger partial charge is 0.329 e. The fourth-order valence-electron chi connectivity index (χ4n) is 4.48. The van der Waals surface area contributed by atoms with Gasteiger partial charge in [0, 0.05) is 44.5 Å². The fraction of sp³-hybridized carbons (Fsp3) is 0.360. The van der Waals surface area contributed by atoms with Crippen LogP contribution in [0.15, 0.2) is 55.0 Å². The van der Waals surface area contributed by atoms with Crippen molar-refractivity contribution < 1.29 is 14.3 Å². The van der Waals surface area contributed by atoms with Crippen LogP contribution in [0.1, 0.15) is 24.0 Å². The van der Waals surface area contributed by atoms with Crippen LogP contribution in [0.5, 0.6) is 11.5 Å². The van der Waals surface area contributed by atoms with Crippen molar-refractivity contribution in [1.82, 2.24) is 19.4 Å². The summed E-state index contributed by atoms with van der Waals surface area (Å²) in [6, 6.07) is 14.5. The summed E-state index contributed by atoms with van der Waals surface area (Å²) in [7, 11) is 1.90. The summed E-state index contributed by atoms with van der Waals surface area (Å²) in [5.41, 5.74) is 4.23. The van der Waals surface area contributed by atoms with Crippen molar-refractivity contribution in [2.45, 2.75) is 32.4 Å². The molecule has 3 heterocycles. The van der Waals surface area contributed by atoms with Crippen LogP contribution in [-0.4, -0.2) is 58.4 Å². The van der Waals surface area contributed by atoms with Gasteiger partial charge in [-0.2, -0.15) is 0 Å². The number of aryl methyl sites for hydroxylation is 1. The molecule has 0 atom stereocenters. The predicted molar refractivity (Wildman–Crippen MR) is 122 cm³/mol. The molecule has 0 saturated carbocycles. The highest BCUT2D eigenvalue weighted by Gasteiger charge is 2.26. The molecule has 1 amide bonds. The summed E-state index contributed by atoms with van der Waals surface area (Å²) < 4.78 is 12.5. The minimum absolute atomic E-state index is 0.0365. The number of fused-ring (bicyclic) bond motifs is 1. The molecule has 0 bridgehead atoms. The zero-order valence-electron chi connectivity index (χ0n) is 18.5. The normalized spacial score (nSPS) is 16.3. The Hall–Kier alpha value is -3.32. The van der Waals surface area contributed by atoms with Gasteiger partial charge in [-0.05, 0) is 43.5 Å². The maximum absolute atomic E-state index is 13.0. The predicted octanol–water partition coefficient (Wildman–Crippen LogP) is 4.15. The van der Waals surface area contributed by atoms with Crippen LogP contribution in [0, 0.1) is 6.92 Å². The van der Waals surface area contributed by atoms with E-state index in [9.17, 15) is 4.79 Å². The summed E-state index contributed by atoms with van der Waals surface area (Å²) in [5.74, 6) is 1.64. The summed E-state index contributed by atoms with van der Waals surface area (Å²) >= 11 is 0. The van der Waals surface area contributed by atoms with Crippen molar-refractivity contribution in [3.63, 3.8) is 0 Å². The average molecular weight is 433 g/mol. The minimum Gasteiger partial charge on any atom is -0.454 e. The SMILES string of the molecule is Cc1cccc(-c2cn(C(=O)N(C)C3CCN(Cc4ccc5c(c4)OCO5)CC3)cn2)c1. The quantitative estimate of drug-likeness (QED) is 0.620. The second-order valence-corrected chi connectivity index (χ2v) is 8.62. The topological polar surface area (TPSA) is 59.8 Å². The third-order valence-electron chi connectivity index (χ3n) is 6.37. The van der Waals surface area contributed by atoms with E-state index in [0.29, 0.717) is 6.79 Å². The third-order valence-corrected chi connectivity index (χ3v) is 6.37. The first-order chi connectivity index (χ1) is 15.6. The Bertz CT molecular complexity index is 1120. The van der Waals surface area contributed by atoms with Gasteiger partial charge in [0.1, 0.15) is 6.33 Å². The standard InChI is InChI=1S/C25H28N4O3/c1-18-4-3-5-20(12-18)22-15-29(16-26-22)25(30)27(2)21-8-10-28(11-9-21)14-19-6-7-23-24(13-19)32-17-31-23/h3-7,12-13,15-16,21H,8-11,14,17H2,1-2H3. The lowest BCUT2D eigenvalue weighted by Crippen LogP contribution is -2.46. The Morgan fingerprint density at radius 2 is 1.94 bits per heavy atom. The number of aromatic nitrogens is 2. The fourth-order valence-corrected chi connectivity index (χ4v) is 4.48. The first kappa shape index (κ1) is 20.6. The van der Waals surface area contributed by atoms with Crippen molar-refractivity contribution in [3.05, 3.63) is 66.1 Å². The van der Waals surface area contributed by atoms with E-state index in [1.54, 1.807) is 10.9 Å². The highest BCUT2D eigenvalue weighted by atomic mass is 16.7. The molecule has 5 rings (SSSR count). The Morgan fingerprint density at radius 3 is 2.75 bits per heavy atom. The van der Waals surface area contributed by atoms with Gasteiger partial charge in [-0.15, -0.1) is 0 Å². The van der Waals surface area contributed by atoms with E-state index in [0.717, 1.165) is 55.2 Å². The summed E-state index contributed by atoms with van der Waals surface area (Å²) in [5, 5.41) is 0. The van der Waals surface area contributed by atoms with Gasteiger partial charge in [-0.25, -0.2) is 9.78 Å². The lowest BCUT2D eigenvalue weighted by atomic mass is 10.0. The number of piperidine rings is 1. The molecular formula is C25H28N4O3. The van der Waals surface area contributed by atoms with Gasteiger partial charge in [-0.1, -0.05) is 29.8 Å². The molecule has 166 valence electrons. The van der Waals surface area contributed by atoms with Crippen LogP contribution < -0.4 is 9.47 Å². The molecule has 1 saturated heterocycles. The molecule has 0 unspecified atom stereocenters. The van der Waals surface area contributed by atoms with Crippen molar-refractivity contribution >= 4 is 6.03 Å². The molecule has 7 nitrogen and oxygen atoms in total. The number of amides is 1. The lowest BCUT2D eigenvalue weighted by Gasteiger charge is -2.36. The maximum atomic E-state index is 13.0.